The molecular formula is C12H9N2NaO4S. The van der Waals surface area contributed by atoms with Crippen molar-refractivity contribution in [2.45, 2.75) is 4.90 Å². The summed E-state index contributed by atoms with van der Waals surface area (Å²) in [5.74, 6) is -0.114. The van der Waals surface area contributed by atoms with Crippen LogP contribution in [0.4, 0.5) is 11.4 Å². The molecular weight excluding hydrogens is 291 g/mol. The van der Waals surface area contributed by atoms with E-state index in [2.05, 4.69) is 10.2 Å². The molecule has 0 aliphatic rings. The van der Waals surface area contributed by atoms with Gasteiger partial charge in [0, 0.05) is 0 Å². The SMILES string of the molecule is O=S(=O)(O)c1ccc(N=Nc2ccc([O-])cc2)cc1.[Na+]. The minimum Gasteiger partial charge on any atom is -0.872 e. The van der Waals surface area contributed by atoms with E-state index in [1.807, 2.05) is 0 Å². The van der Waals surface area contributed by atoms with E-state index in [-0.39, 0.29) is 40.2 Å². The van der Waals surface area contributed by atoms with Gasteiger partial charge in [-0.3, -0.25) is 4.55 Å². The Morgan fingerprint density at radius 3 is 1.65 bits per heavy atom. The molecule has 8 heteroatoms. The molecule has 0 bridgehead atoms. The van der Waals surface area contributed by atoms with Crippen molar-refractivity contribution in [2.24, 2.45) is 10.2 Å². The molecule has 0 fully saturated rings. The molecule has 2 rings (SSSR count). The summed E-state index contributed by atoms with van der Waals surface area (Å²) in [6, 6.07) is 11.1. The standard InChI is InChI=1S/C12H10N2O4S.Na/c15-11-5-1-9(2-6-11)13-14-10-3-7-12(8-4-10)19(16,17)18;/h1-8,15H,(H,16,17,18);/q;+1/p-1. The third-order valence-electron chi connectivity index (χ3n) is 2.25. The number of hydrogen-bond donors (Lipinski definition) is 1. The van der Waals surface area contributed by atoms with Crippen molar-refractivity contribution in [1.82, 2.24) is 0 Å². The van der Waals surface area contributed by atoms with Gasteiger partial charge in [-0.15, -0.1) is 5.75 Å². The second kappa shape index (κ2) is 6.96. The van der Waals surface area contributed by atoms with Gasteiger partial charge in [-0.25, -0.2) is 0 Å². The van der Waals surface area contributed by atoms with E-state index in [9.17, 15) is 13.5 Å². The first kappa shape index (κ1) is 16.8. The molecule has 0 heterocycles. The van der Waals surface area contributed by atoms with Crippen LogP contribution in [0.1, 0.15) is 0 Å². The first-order valence-corrected chi connectivity index (χ1v) is 6.65. The topological polar surface area (TPSA) is 102 Å². The largest absolute Gasteiger partial charge is 1.00 e. The molecule has 0 aliphatic heterocycles. The van der Waals surface area contributed by atoms with Gasteiger partial charge in [-0.1, -0.05) is 12.1 Å². The molecule has 0 aromatic heterocycles. The zero-order valence-electron chi connectivity index (χ0n) is 10.6. The Hall–Kier alpha value is -1.25. The summed E-state index contributed by atoms with van der Waals surface area (Å²) in [6.07, 6.45) is 0. The maximum Gasteiger partial charge on any atom is 1.00 e. The zero-order valence-corrected chi connectivity index (χ0v) is 13.4. The third-order valence-corrected chi connectivity index (χ3v) is 3.12. The summed E-state index contributed by atoms with van der Waals surface area (Å²) < 4.78 is 30.5. The number of azo groups is 1. The molecule has 0 saturated carbocycles. The van der Waals surface area contributed by atoms with Crippen molar-refractivity contribution in [3.8, 4) is 5.75 Å². The van der Waals surface area contributed by atoms with Crippen molar-refractivity contribution in [1.29, 1.82) is 0 Å². The maximum absolute atomic E-state index is 10.9. The van der Waals surface area contributed by atoms with Crippen molar-refractivity contribution < 1.29 is 47.6 Å². The molecule has 2 aromatic rings. The minimum absolute atomic E-state index is 0. The first-order valence-electron chi connectivity index (χ1n) is 5.21. The Morgan fingerprint density at radius 1 is 0.850 bits per heavy atom. The Kier molecular flexibility index (Phi) is 5.85. The van der Waals surface area contributed by atoms with Crippen LogP contribution in [0.5, 0.6) is 5.75 Å². The van der Waals surface area contributed by atoms with Gasteiger partial charge in [0.1, 0.15) is 0 Å². The average molecular weight is 300 g/mol. The fourth-order valence-electron chi connectivity index (χ4n) is 1.31. The molecule has 1 N–H and O–H groups in total. The van der Waals surface area contributed by atoms with Crippen LogP contribution in [0.25, 0.3) is 0 Å². The van der Waals surface area contributed by atoms with E-state index < -0.39 is 10.1 Å². The normalized spacial score (nSPS) is 11.2. The first-order chi connectivity index (χ1) is 8.95. The molecule has 0 radical (unpaired) electrons. The molecule has 0 saturated heterocycles. The van der Waals surface area contributed by atoms with Crippen LogP contribution in [-0.2, 0) is 10.1 Å². The summed E-state index contributed by atoms with van der Waals surface area (Å²) in [4.78, 5) is -0.206. The van der Waals surface area contributed by atoms with E-state index in [1.165, 1.54) is 48.5 Å². The summed E-state index contributed by atoms with van der Waals surface area (Å²) in [5, 5.41) is 18.6. The van der Waals surface area contributed by atoms with Crippen LogP contribution in [0.2, 0.25) is 0 Å². The van der Waals surface area contributed by atoms with E-state index in [4.69, 9.17) is 4.55 Å². The van der Waals surface area contributed by atoms with E-state index >= 15 is 0 Å². The minimum atomic E-state index is -4.20. The van der Waals surface area contributed by atoms with Gasteiger partial charge < -0.3 is 5.11 Å². The average Bonchev–Trinajstić information content (AvgIpc) is 2.37. The molecule has 98 valence electrons. The van der Waals surface area contributed by atoms with Crippen LogP contribution in [0, 0.1) is 0 Å². The molecule has 0 amide bonds. The predicted octanol–water partition coefficient (Wildman–Crippen LogP) is -0.574. The quantitative estimate of drug-likeness (QED) is 0.465. The molecule has 0 unspecified atom stereocenters. The third kappa shape index (κ3) is 4.69. The number of benzene rings is 2. The number of rotatable bonds is 3. The number of hydrogen-bond acceptors (Lipinski definition) is 5. The summed E-state index contributed by atoms with van der Waals surface area (Å²) in [5.41, 5.74) is 0.942. The van der Waals surface area contributed by atoms with E-state index in [0.717, 1.165) is 0 Å². The molecule has 0 aliphatic carbocycles. The fraction of sp³-hybridized carbons (Fsp3) is 0. The van der Waals surface area contributed by atoms with Gasteiger partial charge in [0.05, 0.1) is 16.3 Å². The van der Waals surface area contributed by atoms with Crippen LogP contribution in [0.15, 0.2) is 63.7 Å². The smallest absolute Gasteiger partial charge is 0.872 e. The Labute approximate surface area is 138 Å². The van der Waals surface area contributed by atoms with Crippen molar-refractivity contribution in [3.63, 3.8) is 0 Å². The summed E-state index contributed by atoms with van der Waals surface area (Å²) in [7, 11) is -4.20. The maximum atomic E-state index is 10.9. The second-order valence-electron chi connectivity index (χ2n) is 3.66. The van der Waals surface area contributed by atoms with Crippen LogP contribution < -0.4 is 34.7 Å². The van der Waals surface area contributed by atoms with E-state index in [1.54, 1.807) is 0 Å². The fourth-order valence-corrected chi connectivity index (χ4v) is 1.79. The Morgan fingerprint density at radius 2 is 1.25 bits per heavy atom. The summed E-state index contributed by atoms with van der Waals surface area (Å²) >= 11 is 0. The summed E-state index contributed by atoms with van der Waals surface area (Å²) in [6.45, 7) is 0. The molecule has 0 spiro atoms. The van der Waals surface area contributed by atoms with Gasteiger partial charge in [-0.2, -0.15) is 18.6 Å². The monoisotopic (exact) mass is 300 g/mol. The van der Waals surface area contributed by atoms with E-state index in [0.29, 0.717) is 11.4 Å². The Balaban J connectivity index is 0.00000200. The van der Waals surface area contributed by atoms with Gasteiger partial charge >= 0.3 is 29.6 Å². The van der Waals surface area contributed by atoms with Crippen molar-refractivity contribution >= 4 is 21.5 Å². The zero-order chi connectivity index (χ0) is 13.9. The van der Waals surface area contributed by atoms with Gasteiger partial charge in [0.15, 0.2) is 0 Å². The molecule has 6 nitrogen and oxygen atoms in total. The van der Waals surface area contributed by atoms with Gasteiger partial charge in [-0.05, 0) is 36.4 Å². The van der Waals surface area contributed by atoms with Gasteiger partial charge in [0.2, 0.25) is 0 Å². The van der Waals surface area contributed by atoms with Crippen molar-refractivity contribution in [3.05, 3.63) is 48.5 Å². The molecule has 0 atom stereocenters. The Bertz CT molecular complexity index is 697. The van der Waals surface area contributed by atoms with Crippen LogP contribution >= 0.6 is 0 Å². The van der Waals surface area contributed by atoms with Gasteiger partial charge in [0.25, 0.3) is 10.1 Å². The molecule has 20 heavy (non-hydrogen) atoms. The van der Waals surface area contributed by atoms with Crippen LogP contribution in [-0.4, -0.2) is 13.0 Å². The van der Waals surface area contributed by atoms with Crippen LogP contribution in [0.3, 0.4) is 0 Å². The second-order valence-corrected chi connectivity index (χ2v) is 5.08. The number of nitrogens with zero attached hydrogens (tertiary/aromatic N) is 2. The van der Waals surface area contributed by atoms with Crippen molar-refractivity contribution in [2.75, 3.05) is 0 Å². The molecule has 2 aromatic carbocycles. The predicted molar refractivity (Wildman–Crippen MR) is 66.3 cm³/mol.